The van der Waals surface area contributed by atoms with E-state index in [-0.39, 0.29) is 29.8 Å². The second-order valence-electron chi connectivity index (χ2n) is 4.63. The Morgan fingerprint density at radius 1 is 1.40 bits per heavy atom. The number of rotatable bonds is 6. The molecule has 0 bridgehead atoms. The van der Waals surface area contributed by atoms with Crippen molar-refractivity contribution in [1.29, 1.82) is 0 Å². The topological polar surface area (TPSA) is 27.6 Å². The lowest BCUT2D eigenvalue weighted by atomic mass is 10.1. The Bertz CT molecular complexity index is 410. The second-order valence-corrected chi connectivity index (χ2v) is 4.63. The smallest absolute Gasteiger partial charge is 0.193 e. The van der Waals surface area contributed by atoms with Crippen LogP contribution in [0.15, 0.2) is 29.3 Å². The molecule has 0 aliphatic rings. The molecule has 1 aromatic rings. The molecule has 0 atom stereocenters. The van der Waals surface area contributed by atoms with Crippen LogP contribution in [0.1, 0.15) is 25.3 Å². The highest BCUT2D eigenvalue weighted by atomic mass is 127. The fourth-order valence-electron chi connectivity index (χ4n) is 1.90. The van der Waals surface area contributed by atoms with Crippen LogP contribution in [0.2, 0.25) is 0 Å². The molecule has 5 heteroatoms. The predicted octanol–water partition coefficient (Wildman–Crippen LogP) is 3.29. The Morgan fingerprint density at radius 2 is 2.15 bits per heavy atom. The predicted molar refractivity (Wildman–Crippen MR) is 94.4 cm³/mol. The number of nitrogens with zero attached hydrogens (tertiary/aromatic N) is 2. The first-order chi connectivity index (χ1) is 9.17. The van der Waals surface area contributed by atoms with Gasteiger partial charge in [-0.25, -0.2) is 4.39 Å². The molecule has 0 spiro atoms. The van der Waals surface area contributed by atoms with E-state index in [1.807, 2.05) is 13.1 Å². The van der Waals surface area contributed by atoms with Gasteiger partial charge in [-0.3, -0.25) is 4.99 Å². The van der Waals surface area contributed by atoms with Crippen molar-refractivity contribution < 1.29 is 4.39 Å². The summed E-state index contributed by atoms with van der Waals surface area (Å²) in [6, 6.07) is 6.72. The van der Waals surface area contributed by atoms with Crippen LogP contribution in [0.25, 0.3) is 0 Å². The summed E-state index contributed by atoms with van der Waals surface area (Å²) in [5, 5.41) is 3.30. The van der Waals surface area contributed by atoms with Gasteiger partial charge >= 0.3 is 0 Å². The largest absolute Gasteiger partial charge is 0.356 e. The molecule has 0 saturated carbocycles. The van der Waals surface area contributed by atoms with Crippen LogP contribution >= 0.6 is 24.0 Å². The third kappa shape index (κ3) is 7.07. The monoisotopic (exact) mass is 393 g/mol. The molecule has 0 saturated heterocycles. The van der Waals surface area contributed by atoms with Crippen LogP contribution in [-0.2, 0) is 6.42 Å². The van der Waals surface area contributed by atoms with Crippen LogP contribution in [0, 0.1) is 5.82 Å². The first-order valence-electron chi connectivity index (χ1n) is 6.83. The normalized spacial score (nSPS) is 10.9. The van der Waals surface area contributed by atoms with Crippen molar-refractivity contribution in [3.05, 3.63) is 35.6 Å². The van der Waals surface area contributed by atoms with Crippen LogP contribution in [-0.4, -0.2) is 38.0 Å². The second kappa shape index (κ2) is 10.9. The summed E-state index contributed by atoms with van der Waals surface area (Å²) < 4.78 is 13.0. The highest BCUT2D eigenvalue weighted by molar-refractivity contribution is 14.0. The molecule has 0 aliphatic heterocycles. The molecular weight excluding hydrogens is 368 g/mol. The Labute approximate surface area is 138 Å². The van der Waals surface area contributed by atoms with Gasteiger partial charge in [0.2, 0.25) is 0 Å². The highest BCUT2D eigenvalue weighted by Gasteiger charge is 2.04. The lowest BCUT2D eigenvalue weighted by molar-refractivity contribution is 0.465. The first-order valence-corrected chi connectivity index (χ1v) is 6.83. The van der Waals surface area contributed by atoms with Gasteiger partial charge in [0.15, 0.2) is 5.96 Å². The SMILES string of the molecule is CCCCN(C)C(=NC)NCCc1cccc(F)c1.I. The van der Waals surface area contributed by atoms with E-state index in [0.717, 1.165) is 37.5 Å². The Kier molecular flexibility index (Phi) is 10.4. The highest BCUT2D eigenvalue weighted by Crippen LogP contribution is 2.03. The van der Waals surface area contributed by atoms with Crippen LogP contribution < -0.4 is 5.32 Å². The van der Waals surface area contributed by atoms with Gasteiger partial charge in [-0.1, -0.05) is 25.5 Å². The van der Waals surface area contributed by atoms with Crippen LogP contribution in [0.4, 0.5) is 4.39 Å². The molecule has 0 radical (unpaired) electrons. The van der Waals surface area contributed by atoms with Crippen LogP contribution in [0.5, 0.6) is 0 Å². The summed E-state index contributed by atoms with van der Waals surface area (Å²) in [5.41, 5.74) is 0.999. The standard InChI is InChI=1S/C15H24FN3.HI/c1-4-5-11-19(3)15(17-2)18-10-9-13-7-6-8-14(16)12-13;/h6-8,12H,4-5,9-11H2,1-3H3,(H,17,18);1H. The van der Waals surface area contributed by atoms with Crippen LogP contribution in [0.3, 0.4) is 0 Å². The maximum Gasteiger partial charge on any atom is 0.193 e. The lowest BCUT2D eigenvalue weighted by Gasteiger charge is -2.21. The van der Waals surface area contributed by atoms with Gasteiger partial charge in [0.25, 0.3) is 0 Å². The minimum absolute atomic E-state index is 0. The number of benzene rings is 1. The maximum atomic E-state index is 13.0. The van der Waals surface area contributed by atoms with Crippen molar-refractivity contribution >= 4 is 29.9 Å². The van der Waals surface area contributed by atoms with Gasteiger partial charge in [0, 0.05) is 27.2 Å². The minimum atomic E-state index is -0.179. The van der Waals surface area contributed by atoms with Gasteiger partial charge < -0.3 is 10.2 Å². The van der Waals surface area contributed by atoms with E-state index >= 15 is 0 Å². The molecule has 1 rings (SSSR count). The van der Waals surface area contributed by atoms with Crippen molar-refractivity contribution in [1.82, 2.24) is 10.2 Å². The molecule has 20 heavy (non-hydrogen) atoms. The number of nitrogens with one attached hydrogen (secondary N) is 1. The minimum Gasteiger partial charge on any atom is -0.356 e. The van der Waals surface area contributed by atoms with Gasteiger partial charge in [0.05, 0.1) is 0 Å². The number of unbranched alkanes of at least 4 members (excludes halogenated alkanes) is 1. The fraction of sp³-hybridized carbons (Fsp3) is 0.533. The summed E-state index contributed by atoms with van der Waals surface area (Å²) in [7, 11) is 3.82. The van der Waals surface area contributed by atoms with E-state index in [2.05, 4.69) is 22.1 Å². The molecule has 0 fully saturated rings. The number of aliphatic imine (C=N–C) groups is 1. The molecule has 0 aliphatic carbocycles. The lowest BCUT2D eigenvalue weighted by Crippen LogP contribution is -2.40. The molecule has 1 aromatic carbocycles. The maximum absolute atomic E-state index is 13.0. The van der Waals surface area contributed by atoms with E-state index in [1.54, 1.807) is 19.2 Å². The van der Waals surface area contributed by atoms with E-state index < -0.39 is 0 Å². The number of guanidine groups is 1. The van der Waals surface area contributed by atoms with Crippen molar-refractivity contribution in [3.63, 3.8) is 0 Å². The molecule has 1 N–H and O–H groups in total. The average molecular weight is 393 g/mol. The van der Waals surface area contributed by atoms with E-state index in [1.165, 1.54) is 12.5 Å². The van der Waals surface area contributed by atoms with Crippen molar-refractivity contribution in [3.8, 4) is 0 Å². The van der Waals surface area contributed by atoms with Gasteiger partial charge in [0.1, 0.15) is 5.82 Å². The van der Waals surface area contributed by atoms with E-state index in [0.29, 0.717) is 0 Å². The molecule has 3 nitrogen and oxygen atoms in total. The Balaban J connectivity index is 0.00000361. The summed E-state index contributed by atoms with van der Waals surface area (Å²) in [6.07, 6.45) is 3.12. The quantitative estimate of drug-likeness (QED) is 0.456. The number of hydrogen-bond acceptors (Lipinski definition) is 1. The first kappa shape index (κ1) is 19.1. The number of hydrogen-bond donors (Lipinski definition) is 1. The molecular formula is C15H25FIN3. The van der Waals surface area contributed by atoms with Gasteiger partial charge in [-0.2, -0.15) is 0 Å². The van der Waals surface area contributed by atoms with E-state index in [9.17, 15) is 4.39 Å². The molecule has 0 amide bonds. The van der Waals surface area contributed by atoms with Gasteiger partial charge in [-0.05, 0) is 30.5 Å². The average Bonchev–Trinajstić information content (AvgIpc) is 2.41. The summed E-state index contributed by atoms with van der Waals surface area (Å²) >= 11 is 0. The molecule has 0 heterocycles. The Hall–Kier alpha value is -0.850. The molecule has 114 valence electrons. The van der Waals surface area contributed by atoms with Crippen molar-refractivity contribution in [2.75, 3.05) is 27.2 Å². The third-order valence-corrected chi connectivity index (χ3v) is 3.01. The third-order valence-electron chi connectivity index (χ3n) is 3.01. The number of halogens is 2. The molecule has 0 aromatic heterocycles. The summed E-state index contributed by atoms with van der Waals surface area (Å²) in [5.74, 6) is 0.715. The summed E-state index contributed by atoms with van der Waals surface area (Å²) in [6.45, 7) is 3.93. The zero-order chi connectivity index (χ0) is 14.1. The van der Waals surface area contributed by atoms with Crippen molar-refractivity contribution in [2.24, 2.45) is 4.99 Å². The zero-order valence-corrected chi connectivity index (χ0v) is 14.9. The Morgan fingerprint density at radius 3 is 2.75 bits per heavy atom. The zero-order valence-electron chi connectivity index (χ0n) is 12.5. The van der Waals surface area contributed by atoms with Crippen molar-refractivity contribution in [2.45, 2.75) is 26.2 Å². The summed E-state index contributed by atoms with van der Waals surface area (Å²) in [4.78, 5) is 6.37. The fourth-order valence-corrected chi connectivity index (χ4v) is 1.90. The van der Waals surface area contributed by atoms with E-state index in [4.69, 9.17) is 0 Å². The molecule has 0 unspecified atom stereocenters. The van der Waals surface area contributed by atoms with Gasteiger partial charge in [-0.15, -0.1) is 24.0 Å².